The molecule has 1 amide bonds. The lowest BCUT2D eigenvalue weighted by molar-refractivity contribution is -0.121. The van der Waals surface area contributed by atoms with Gasteiger partial charge in [0.05, 0.1) is 24.7 Å². The van der Waals surface area contributed by atoms with Crippen LogP contribution in [0.3, 0.4) is 0 Å². The number of benzene rings is 2. The second-order valence-electron chi connectivity index (χ2n) is 5.74. The Balaban J connectivity index is 2.27. The molecule has 0 aliphatic carbocycles. The first-order valence-electron chi connectivity index (χ1n) is 8.62. The van der Waals surface area contributed by atoms with E-state index in [1.807, 2.05) is 25.1 Å². The lowest BCUT2D eigenvalue weighted by atomic mass is 10.2. The first kappa shape index (κ1) is 20.9. The summed E-state index contributed by atoms with van der Waals surface area (Å²) in [5, 5.41) is 11.3. The Bertz CT molecular complexity index is 823. The van der Waals surface area contributed by atoms with Crippen LogP contribution in [0, 0.1) is 0 Å². The highest BCUT2D eigenvalue weighted by Gasteiger charge is 2.27. The molecule has 0 aliphatic heterocycles. The van der Waals surface area contributed by atoms with E-state index in [-0.39, 0.29) is 31.1 Å². The third kappa shape index (κ3) is 6.06. The number of nitrogens with one attached hydrogen (secondary N) is 1. The second-order valence-corrected chi connectivity index (χ2v) is 7.67. The minimum absolute atomic E-state index is 0.0585. The number of hydrogen-bond donors (Lipinski definition) is 2. The van der Waals surface area contributed by atoms with Crippen molar-refractivity contribution >= 4 is 15.9 Å². The molecule has 0 spiro atoms. The molecule has 0 heterocycles. The number of amides is 1. The third-order valence-electron chi connectivity index (χ3n) is 3.73. The molecule has 0 saturated heterocycles. The monoisotopic (exact) mass is 392 g/mol. The highest BCUT2D eigenvalue weighted by Crippen LogP contribution is 2.21. The normalized spacial score (nSPS) is 11.4. The van der Waals surface area contributed by atoms with E-state index in [0.29, 0.717) is 12.4 Å². The number of aliphatic hydroxyl groups is 1. The fraction of sp³-hybridized carbons (Fsp3) is 0.316. The average molecular weight is 392 g/mol. The number of aliphatic hydroxyl groups excluding tert-OH is 1. The lowest BCUT2D eigenvalue weighted by Gasteiger charge is -2.22. The van der Waals surface area contributed by atoms with Gasteiger partial charge in [0, 0.05) is 13.1 Å². The van der Waals surface area contributed by atoms with Crippen LogP contribution >= 0.6 is 0 Å². The summed E-state index contributed by atoms with van der Waals surface area (Å²) >= 11 is 0. The fourth-order valence-electron chi connectivity index (χ4n) is 2.45. The molecule has 0 bridgehead atoms. The summed E-state index contributed by atoms with van der Waals surface area (Å²) in [5.74, 6) is 0.0984. The van der Waals surface area contributed by atoms with Crippen LogP contribution in [0.5, 0.6) is 5.75 Å². The van der Waals surface area contributed by atoms with Gasteiger partial charge in [-0.1, -0.05) is 30.3 Å². The van der Waals surface area contributed by atoms with Crippen molar-refractivity contribution in [3.8, 4) is 5.75 Å². The Morgan fingerprint density at radius 2 is 1.78 bits per heavy atom. The summed E-state index contributed by atoms with van der Waals surface area (Å²) in [4.78, 5) is 12.2. The van der Waals surface area contributed by atoms with Crippen LogP contribution in [0.2, 0.25) is 0 Å². The molecule has 0 aliphatic rings. The van der Waals surface area contributed by atoms with Crippen molar-refractivity contribution in [3.05, 3.63) is 60.2 Å². The minimum Gasteiger partial charge on any atom is -0.494 e. The van der Waals surface area contributed by atoms with Gasteiger partial charge in [0.1, 0.15) is 5.75 Å². The van der Waals surface area contributed by atoms with Gasteiger partial charge in [0.15, 0.2) is 0 Å². The molecule has 2 N–H and O–H groups in total. The van der Waals surface area contributed by atoms with Crippen LogP contribution in [-0.4, -0.2) is 50.0 Å². The van der Waals surface area contributed by atoms with Crippen LogP contribution in [0.25, 0.3) is 0 Å². The molecule has 0 aromatic heterocycles. The van der Waals surface area contributed by atoms with Crippen molar-refractivity contribution in [2.75, 3.05) is 26.3 Å². The summed E-state index contributed by atoms with van der Waals surface area (Å²) < 4.78 is 32.6. The zero-order valence-corrected chi connectivity index (χ0v) is 16.0. The SMILES string of the molecule is CCOc1ccc(S(=O)(=O)N(CC(=O)NCCO)Cc2ccccc2)cc1. The topological polar surface area (TPSA) is 95.9 Å². The van der Waals surface area contributed by atoms with Gasteiger partial charge in [0.25, 0.3) is 0 Å². The van der Waals surface area contributed by atoms with Crippen molar-refractivity contribution in [2.45, 2.75) is 18.4 Å². The van der Waals surface area contributed by atoms with Crippen molar-refractivity contribution in [3.63, 3.8) is 0 Å². The number of ether oxygens (including phenoxy) is 1. The maximum atomic E-state index is 13.1. The summed E-state index contributed by atoms with van der Waals surface area (Å²) in [5.41, 5.74) is 0.766. The standard InChI is InChI=1S/C19H24N2O5S/c1-2-26-17-8-10-18(11-9-17)27(24,25)21(15-19(23)20-12-13-22)14-16-6-4-3-5-7-16/h3-11,22H,2,12-15H2,1H3,(H,20,23). The van der Waals surface area contributed by atoms with Crippen LogP contribution in [-0.2, 0) is 21.4 Å². The molecule has 146 valence electrons. The number of nitrogens with zero attached hydrogens (tertiary/aromatic N) is 1. The molecule has 2 aromatic carbocycles. The summed E-state index contributed by atoms with van der Waals surface area (Å²) in [6.45, 7) is 1.90. The summed E-state index contributed by atoms with van der Waals surface area (Å²) in [6, 6.07) is 15.1. The van der Waals surface area contributed by atoms with E-state index in [4.69, 9.17) is 9.84 Å². The zero-order chi connectivity index (χ0) is 19.7. The summed E-state index contributed by atoms with van der Waals surface area (Å²) in [6.07, 6.45) is 0. The quantitative estimate of drug-likeness (QED) is 0.637. The van der Waals surface area contributed by atoms with Crippen molar-refractivity contribution < 1.29 is 23.1 Å². The molecule has 2 aromatic rings. The van der Waals surface area contributed by atoms with Crippen LogP contribution in [0.1, 0.15) is 12.5 Å². The van der Waals surface area contributed by atoms with Crippen LogP contribution in [0.4, 0.5) is 0 Å². The average Bonchev–Trinajstić information content (AvgIpc) is 2.67. The molecule has 7 nitrogen and oxygen atoms in total. The molecule has 27 heavy (non-hydrogen) atoms. The predicted octanol–water partition coefficient (Wildman–Crippen LogP) is 1.38. The van der Waals surface area contributed by atoms with E-state index in [1.165, 1.54) is 12.1 Å². The number of sulfonamides is 1. The Labute approximate surface area is 159 Å². The van der Waals surface area contributed by atoms with Gasteiger partial charge in [-0.05, 0) is 36.8 Å². The Morgan fingerprint density at radius 3 is 2.37 bits per heavy atom. The lowest BCUT2D eigenvalue weighted by Crippen LogP contribution is -2.41. The molecule has 0 fully saturated rings. The molecule has 0 unspecified atom stereocenters. The minimum atomic E-state index is -3.90. The predicted molar refractivity (Wildman–Crippen MR) is 102 cm³/mol. The largest absolute Gasteiger partial charge is 0.494 e. The molecule has 8 heteroatoms. The maximum Gasteiger partial charge on any atom is 0.243 e. The fourth-order valence-corrected chi connectivity index (χ4v) is 3.83. The van der Waals surface area contributed by atoms with Gasteiger partial charge >= 0.3 is 0 Å². The first-order valence-corrected chi connectivity index (χ1v) is 10.1. The highest BCUT2D eigenvalue weighted by molar-refractivity contribution is 7.89. The van der Waals surface area contributed by atoms with Crippen molar-refractivity contribution in [1.82, 2.24) is 9.62 Å². The van der Waals surface area contributed by atoms with E-state index in [9.17, 15) is 13.2 Å². The zero-order valence-electron chi connectivity index (χ0n) is 15.2. The van der Waals surface area contributed by atoms with Crippen molar-refractivity contribution in [2.24, 2.45) is 0 Å². The number of carbonyl (C=O) groups excluding carboxylic acids is 1. The number of carbonyl (C=O) groups is 1. The van der Waals surface area contributed by atoms with Crippen LogP contribution < -0.4 is 10.1 Å². The van der Waals surface area contributed by atoms with E-state index < -0.39 is 15.9 Å². The van der Waals surface area contributed by atoms with Crippen LogP contribution in [0.15, 0.2) is 59.5 Å². The van der Waals surface area contributed by atoms with E-state index in [2.05, 4.69) is 5.32 Å². The highest BCUT2D eigenvalue weighted by atomic mass is 32.2. The second kappa shape index (κ2) is 10.1. The Morgan fingerprint density at radius 1 is 1.11 bits per heavy atom. The molecule has 0 radical (unpaired) electrons. The van der Waals surface area contributed by atoms with Gasteiger partial charge < -0.3 is 15.2 Å². The van der Waals surface area contributed by atoms with E-state index >= 15 is 0 Å². The van der Waals surface area contributed by atoms with Gasteiger partial charge in [0.2, 0.25) is 15.9 Å². The first-order chi connectivity index (χ1) is 13.0. The smallest absolute Gasteiger partial charge is 0.243 e. The molecular weight excluding hydrogens is 368 g/mol. The van der Waals surface area contributed by atoms with Gasteiger partial charge in [-0.3, -0.25) is 4.79 Å². The molecule has 2 rings (SSSR count). The third-order valence-corrected chi connectivity index (χ3v) is 5.53. The van der Waals surface area contributed by atoms with E-state index in [1.54, 1.807) is 24.3 Å². The Hall–Kier alpha value is -2.42. The molecule has 0 saturated carbocycles. The molecular formula is C19H24N2O5S. The molecule has 0 atom stereocenters. The van der Waals surface area contributed by atoms with Crippen molar-refractivity contribution in [1.29, 1.82) is 0 Å². The van der Waals surface area contributed by atoms with E-state index in [0.717, 1.165) is 9.87 Å². The Kier molecular flexibility index (Phi) is 7.78. The van der Waals surface area contributed by atoms with Gasteiger partial charge in [-0.25, -0.2) is 8.42 Å². The number of rotatable bonds is 10. The summed E-state index contributed by atoms with van der Waals surface area (Å²) in [7, 11) is -3.90. The van der Waals surface area contributed by atoms with Gasteiger partial charge in [-0.2, -0.15) is 4.31 Å². The van der Waals surface area contributed by atoms with Gasteiger partial charge in [-0.15, -0.1) is 0 Å². The number of hydrogen-bond acceptors (Lipinski definition) is 5. The maximum absolute atomic E-state index is 13.1.